The number of rotatable bonds is 3. The number of hydrogen-bond donors (Lipinski definition) is 1. The number of nitrogens with one attached hydrogen (secondary N) is 1. The third-order valence-electron chi connectivity index (χ3n) is 3.41. The molecule has 1 aliphatic rings. The van der Waals surface area contributed by atoms with Gasteiger partial charge in [-0.1, -0.05) is 19.3 Å². The van der Waals surface area contributed by atoms with E-state index in [0.717, 1.165) is 23.4 Å². The fraction of sp³-hybridized carbons (Fsp3) is 0.571. The number of amides is 1. The van der Waals surface area contributed by atoms with Crippen LogP contribution in [0, 0.1) is 12.8 Å². The molecule has 1 fully saturated rings. The molecule has 3 nitrogen and oxygen atoms in total. The molecule has 0 unspecified atom stereocenters. The van der Waals surface area contributed by atoms with Crippen molar-refractivity contribution < 1.29 is 4.79 Å². The molecule has 0 aliphatic heterocycles. The standard InChI is InChI=1S/C14H20N2OS/c1-10-8-9-13(18-10)11(2)15-16-14(17)12-6-4-3-5-7-12/h8-9,12H,3-7H2,1-2H3,(H,16,17)/b15-11+. The maximum atomic E-state index is 11.9. The van der Waals surface area contributed by atoms with Gasteiger partial charge in [0.15, 0.2) is 0 Å². The maximum Gasteiger partial charge on any atom is 0.243 e. The van der Waals surface area contributed by atoms with Gasteiger partial charge in [-0.25, -0.2) is 5.43 Å². The maximum absolute atomic E-state index is 11.9. The molecule has 1 aliphatic carbocycles. The zero-order valence-corrected chi connectivity index (χ0v) is 11.8. The van der Waals surface area contributed by atoms with Crippen LogP contribution < -0.4 is 5.43 Å². The van der Waals surface area contributed by atoms with Crippen LogP contribution >= 0.6 is 11.3 Å². The minimum absolute atomic E-state index is 0.0855. The van der Waals surface area contributed by atoms with Gasteiger partial charge in [-0.05, 0) is 38.8 Å². The average molecular weight is 264 g/mol. The summed E-state index contributed by atoms with van der Waals surface area (Å²) < 4.78 is 0. The van der Waals surface area contributed by atoms with Crippen LogP contribution in [0.3, 0.4) is 0 Å². The second-order valence-electron chi connectivity index (χ2n) is 4.92. The van der Waals surface area contributed by atoms with Crippen molar-refractivity contribution >= 4 is 23.0 Å². The topological polar surface area (TPSA) is 41.5 Å². The molecule has 0 bridgehead atoms. The molecular formula is C14H20N2OS. The summed E-state index contributed by atoms with van der Waals surface area (Å²) >= 11 is 1.70. The van der Waals surface area contributed by atoms with Crippen LogP contribution in [0.4, 0.5) is 0 Å². The highest BCUT2D eigenvalue weighted by atomic mass is 32.1. The van der Waals surface area contributed by atoms with Crippen molar-refractivity contribution in [2.24, 2.45) is 11.0 Å². The van der Waals surface area contributed by atoms with Crippen LogP contribution in [-0.2, 0) is 4.79 Å². The molecule has 0 aromatic carbocycles. The summed E-state index contributed by atoms with van der Waals surface area (Å²) in [6.07, 6.45) is 5.63. The van der Waals surface area contributed by atoms with E-state index in [1.807, 2.05) is 13.0 Å². The van der Waals surface area contributed by atoms with Gasteiger partial charge in [0.1, 0.15) is 0 Å². The molecule has 1 aromatic rings. The van der Waals surface area contributed by atoms with E-state index >= 15 is 0 Å². The van der Waals surface area contributed by atoms with Crippen LogP contribution in [0.5, 0.6) is 0 Å². The molecule has 1 amide bonds. The minimum Gasteiger partial charge on any atom is -0.273 e. The minimum atomic E-state index is 0.0855. The number of thiophene rings is 1. The highest BCUT2D eigenvalue weighted by molar-refractivity contribution is 7.14. The molecule has 98 valence electrons. The second-order valence-corrected chi connectivity index (χ2v) is 6.21. The first-order valence-corrected chi connectivity index (χ1v) is 7.39. The Kier molecular flexibility index (Phi) is 4.53. The van der Waals surface area contributed by atoms with Crippen molar-refractivity contribution in [1.82, 2.24) is 5.43 Å². The summed E-state index contributed by atoms with van der Waals surface area (Å²) in [5.41, 5.74) is 3.60. The van der Waals surface area contributed by atoms with Crippen LogP contribution in [0.2, 0.25) is 0 Å². The Balaban J connectivity index is 1.91. The van der Waals surface area contributed by atoms with Crippen molar-refractivity contribution in [2.45, 2.75) is 46.0 Å². The molecule has 1 saturated carbocycles. The number of carbonyl (C=O) groups is 1. The van der Waals surface area contributed by atoms with Gasteiger partial charge >= 0.3 is 0 Å². The lowest BCUT2D eigenvalue weighted by molar-refractivity contribution is -0.125. The van der Waals surface area contributed by atoms with E-state index in [4.69, 9.17) is 0 Å². The van der Waals surface area contributed by atoms with Crippen LogP contribution in [0.15, 0.2) is 17.2 Å². The summed E-state index contributed by atoms with van der Waals surface area (Å²) in [4.78, 5) is 14.3. The normalized spacial score (nSPS) is 17.8. The monoisotopic (exact) mass is 264 g/mol. The van der Waals surface area contributed by atoms with Crippen molar-refractivity contribution in [3.8, 4) is 0 Å². The van der Waals surface area contributed by atoms with Crippen molar-refractivity contribution in [1.29, 1.82) is 0 Å². The zero-order chi connectivity index (χ0) is 13.0. The quantitative estimate of drug-likeness (QED) is 0.659. The fourth-order valence-electron chi connectivity index (χ4n) is 2.28. The largest absolute Gasteiger partial charge is 0.273 e. The molecule has 1 aromatic heterocycles. The van der Waals surface area contributed by atoms with Crippen molar-refractivity contribution in [3.63, 3.8) is 0 Å². The van der Waals surface area contributed by atoms with E-state index in [1.165, 1.54) is 24.1 Å². The number of hydrogen-bond acceptors (Lipinski definition) is 3. The lowest BCUT2D eigenvalue weighted by Crippen LogP contribution is -2.29. The molecule has 2 rings (SSSR count). The highest BCUT2D eigenvalue weighted by Crippen LogP contribution is 2.23. The summed E-state index contributed by atoms with van der Waals surface area (Å²) in [6.45, 7) is 4.01. The Bertz CT molecular complexity index is 444. The van der Waals surface area contributed by atoms with E-state index in [0.29, 0.717) is 0 Å². The Morgan fingerprint density at radius 1 is 1.33 bits per heavy atom. The number of hydrazone groups is 1. The summed E-state index contributed by atoms with van der Waals surface area (Å²) in [5.74, 6) is 0.252. The van der Waals surface area contributed by atoms with E-state index in [9.17, 15) is 4.79 Å². The summed E-state index contributed by atoms with van der Waals surface area (Å²) in [7, 11) is 0. The first-order valence-electron chi connectivity index (χ1n) is 6.58. The lowest BCUT2D eigenvalue weighted by atomic mass is 9.89. The number of carbonyl (C=O) groups excluding carboxylic acids is 1. The Hall–Kier alpha value is -1.16. The van der Waals surface area contributed by atoms with Gasteiger partial charge in [-0.2, -0.15) is 5.10 Å². The molecule has 0 atom stereocenters. The van der Waals surface area contributed by atoms with Crippen LogP contribution in [0.25, 0.3) is 0 Å². The van der Waals surface area contributed by atoms with Gasteiger partial charge in [0, 0.05) is 10.8 Å². The Morgan fingerprint density at radius 3 is 2.67 bits per heavy atom. The fourth-order valence-corrected chi connectivity index (χ4v) is 3.09. The first kappa shape index (κ1) is 13.3. The van der Waals surface area contributed by atoms with E-state index < -0.39 is 0 Å². The average Bonchev–Trinajstić information content (AvgIpc) is 2.83. The molecule has 1 N–H and O–H groups in total. The number of aryl methyl sites for hydroxylation is 1. The highest BCUT2D eigenvalue weighted by Gasteiger charge is 2.20. The first-order chi connectivity index (χ1) is 8.66. The number of nitrogens with zero attached hydrogens (tertiary/aromatic N) is 1. The van der Waals surface area contributed by atoms with Crippen LogP contribution in [0.1, 0.15) is 48.8 Å². The van der Waals surface area contributed by atoms with E-state index in [1.54, 1.807) is 11.3 Å². The third-order valence-corrected chi connectivity index (χ3v) is 4.52. The molecule has 0 spiro atoms. The van der Waals surface area contributed by atoms with Crippen molar-refractivity contribution in [2.75, 3.05) is 0 Å². The zero-order valence-electron chi connectivity index (χ0n) is 11.0. The summed E-state index contributed by atoms with van der Waals surface area (Å²) in [6, 6.07) is 4.12. The Morgan fingerprint density at radius 2 is 2.06 bits per heavy atom. The van der Waals surface area contributed by atoms with Gasteiger partial charge in [-0.15, -0.1) is 11.3 Å². The molecule has 0 saturated heterocycles. The second kappa shape index (κ2) is 6.14. The van der Waals surface area contributed by atoms with Gasteiger partial charge in [0.2, 0.25) is 5.91 Å². The van der Waals surface area contributed by atoms with Gasteiger partial charge < -0.3 is 0 Å². The van der Waals surface area contributed by atoms with Gasteiger partial charge in [0.05, 0.1) is 10.6 Å². The predicted molar refractivity (Wildman–Crippen MR) is 76.0 cm³/mol. The predicted octanol–water partition coefficient (Wildman–Crippen LogP) is 3.48. The Labute approximate surface area is 112 Å². The molecule has 0 radical (unpaired) electrons. The van der Waals surface area contributed by atoms with Gasteiger partial charge in [0.25, 0.3) is 0 Å². The third kappa shape index (κ3) is 3.42. The summed E-state index contributed by atoms with van der Waals surface area (Å²) in [5, 5.41) is 4.21. The molecule has 4 heteroatoms. The van der Waals surface area contributed by atoms with Crippen molar-refractivity contribution in [3.05, 3.63) is 21.9 Å². The van der Waals surface area contributed by atoms with Gasteiger partial charge in [-0.3, -0.25) is 4.79 Å². The van der Waals surface area contributed by atoms with Crippen LogP contribution in [-0.4, -0.2) is 11.6 Å². The van der Waals surface area contributed by atoms with E-state index in [-0.39, 0.29) is 11.8 Å². The molecule has 1 heterocycles. The molecule has 18 heavy (non-hydrogen) atoms. The smallest absolute Gasteiger partial charge is 0.243 e. The molecular weight excluding hydrogens is 244 g/mol. The van der Waals surface area contributed by atoms with E-state index in [2.05, 4.69) is 23.5 Å². The SMILES string of the molecule is C/C(=N\NC(=O)C1CCCCC1)c1ccc(C)s1. The lowest BCUT2D eigenvalue weighted by Gasteiger charge is -2.19.